The Bertz CT molecular complexity index is 1320. The van der Waals surface area contributed by atoms with Crippen LogP contribution >= 0.6 is 0 Å². The summed E-state index contributed by atoms with van der Waals surface area (Å²) >= 11 is 1.46. The molecule has 164 valence electrons. The molecule has 6 rings (SSSR count). The first-order valence-electron chi connectivity index (χ1n) is 11.3. The van der Waals surface area contributed by atoms with Crippen LogP contribution in [0.15, 0.2) is 115 Å². The molecule has 0 aromatic heterocycles. The molecule has 0 saturated carbocycles. The van der Waals surface area contributed by atoms with E-state index < -0.39 is 0 Å². The first kappa shape index (κ1) is 24.4. The summed E-state index contributed by atoms with van der Waals surface area (Å²) < 4.78 is 1.42. The van der Waals surface area contributed by atoms with Crippen LogP contribution in [0.4, 0.5) is 0 Å². The second-order valence-electron chi connectivity index (χ2n) is 8.38. The molecular weight excluding hydrogens is 511 g/mol. The molecule has 2 aliphatic carbocycles. The number of rotatable bonds is 3. The zero-order valence-corrected chi connectivity index (χ0v) is 22.2. The van der Waals surface area contributed by atoms with Crippen LogP contribution in [0.2, 0.25) is 0 Å². The van der Waals surface area contributed by atoms with Gasteiger partial charge in [0.25, 0.3) is 0 Å². The van der Waals surface area contributed by atoms with Gasteiger partial charge in [0.05, 0.1) is 0 Å². The van der Waals surface area contributed by atoms with E-state index >= 15 is 0 Å². The summed E-state index contributed by atoms with van der Waals surface area (Å²) in [6.45, 7) is 4.35. The van der Waals surface area contributed by atoms with Gasteiger partial charge in [0.15, 0.2) is 0 Å². The molecule has 4 aromatic carbocycles. The van der Waals surface area contributed by atoms with E-state index in [0.29, 0.717) is 0 Å². The molecule has 0 aliphatic heterocycles. The third kappa shape index (κ3) is 5.02. The predicted molar refractivity (Wildman–Crippen MR) is 137 cm³/mol. The minimum absolute atomic E-state index is 0. The minimum atomic E-state index is 0. The van der Waals surface area contributed by atoms with E-state index in [1.54, 1.807) is 0 Å². The zero-order valence-electron chi connectivity index (χ0n) is 19.0. The van der Waals surface area contributed by atoms with Crippen molar-refractivity contribution in [3.05, 3.63) is 156 Å². The van der Waals surface area contributed by atoms with Crippen LogP contribution in [0.25, 0.3) is 16.7 Å². The second kappa shape index (κ2) is 11.1. The Morgan fingerprint density at radius 2 is 1.26 bits per heavy atom. The molecule has 0 saturated heterocycles. The van der Waals surface area contributed by atoms with Crippen LogP contribution in [0.3, 0.4) is 0 Å². The summed E-state index contributed by atoms with van der Waals surface area (Å²) in [5, 5.41) is 0. The van der Waals surface area contributed by atoms with Crippen molar-refractivity contribution >= 4 is 8.78 Å². The Hall–Kier alpha value is -2.73. The Morgan fingerprint density at radius 1 is 0.676 bits per heavy atom. The second-order valence-corrected chi connectivity index (χ2v) is 9.61. The SMILES string of the molecule is [CH2-]c1c(C2=CC=CC2)ccc2c1Cc1ccccc1-2.[Cl-].[Zr+2]=[C](c1ccccc1)c1ccccc1. The molecule has 0 unspecified atom stereocenters. The molecule has 4 aromatic rings. The van der Waals surface area contributed by atoms with Crippen molar-refractivity contribution in [1.82, 2.24) is 0 Å². The maximum absolute atomic E-state index is 4.35. The van der Waals surface area contributed by atoms with E-state index in [2.05, 4.69) is 122 Å². The van der Waals surface area contributed by atoms with Crippen LogP contribution in [0.5, 0.6) is 0 Å². The molecule has 0 atom stereocenters. The van der Waals surface area contributed by atoms with Gasteiger partial charge in [0.1, 0.15) is 0 Å². The summed E-state index contributed by atoms with van der Waals surface area (Å²) in [7, 11) is 0. The Labute approximate surface area is 223 Å². The van der Waals surface area contributed by atoms with E-state index in [1.807, 2.05) is 0 Å². The molecule has 2 heteroatoms. The fourth-order valence-electron chi connectivity index (χ4n) is 4.60. The van der Waals surface area contributed by atoms with E-state index in [1.165, 1.54) is 77.5 Å². The van der Waals surface area contributed by atoms with Crippen LogP contribution in [-0.2, 0) is 30.7 Å². The number of allylic oxidation sites excluding steroid dienone is 4. The van der Waals surface area contributed by atoms with Crippen molar-refractivity contribution in [1.29, 1.82) is 0 Å². The van der Waals surface area contributed by atoms with Gasteiger partial charge < -0.3 is 12.4 Å². The Kier molecular flexibility index (Phi) is 7.99. The van der Waals surface area contributed by atoms with Crippen molar-refractivity contribution in [2.75, 3.05) is 0 Å². The molecular formula is C32H25ClZr. The Balaban J connectivity index is 0.000000164. The van der Waals surface area contributed by atoms with Gasteiger partial charge in [-0.3, -0.25) is 0 Å². The van der Waals surface area contributed by atoms with Crippen LogP contribution in [-0.4, -0.2) is 3.21 Å². The molecule has 0 bridgehead atoms. The van der Waals surface area contributed by atoms with Gasteiger partial charge in [-0.15, -0.1) is 17.2 Å². The van der Waals surface area contributed by atoms with Crippen LogP contribution < -0.4 is 12.4 Å². The first-order valence-corrected chi connectivity index (χ1v) is 12.6. The number of benzene rings is 4. The van der Waals surface area contributed by atoms with E-state index in [0.717, 1.165) is 12.8 Å². The topological polar surface area (TPSA) is 0 Å². The average molecular weight is 536 g/mol. The van der Waals surface area contributed by atoms with Crippen molar-refractivity contribution < 1.29 is 36.6 Å². The first-order chi connectivity index (χ1) is 16.2. The molecule has 0 fully saturated rings. The standard InChI is InChI=1S/C19H15.C13H10.ClH.Zr/c1-13-16(14-6-2-3-7-14)10-11-18-17-9-5-4-8-15(17)12-19(13)18;1-3-7-12(8-4-1)11-13-9-5-2-6-10-13;;/h2-6,8-11H,1,7,12H2;1-10H;1H;/q-1;;;+2/p-1. The van der Waals surface area contributed by atoms with Gasteiger partial charge in [-0.2, -0.15) is 12.5 Å². The Morgan fingerprint density at radius 3 is 1.88 bits per heavy atom. The van der Waals surface area contributed by atoms with Crippen molar-refractivity contribution in [2.45, 2.75) is 12.8 Å². The fraction of sp³-hybridized carbons (Fsp3) is 0.0625. The number of fused-ring (bicyclic) bond motifs is 3. The van der Waals surface area contributed by atoms with Crippen molar-refractivity contribution in [2.24, 2.45) is 0 Å². The van der Waals surface area contributed by atoms with E-state index in [9.17, 15) is 0 Å². The zero-order chi connectivity index (χ0) is 22.6. The summed E-state index contributed by atoms with van der Waals surface area (Å²) in [5.41, 5.74) is 12.2. The van der Waals surface area contributed by atoms with Gasteiger partial charge in [-0.05, 0) is 24.0 Å². The van der Waals surface area contributed by atoms with Crippen molar-refractivity contribution in [3.63, 3.8) is 0 Å². The van der Waals surface area contributed by atoms with Gasteiger partial charge in [0.2, 0.25) is 0 Å². The molecule has 0 heterocycles. The normalized spacial score (nSPS) is 12.6. The molecule has 0 N–H and O–H groups in total. The van der Waals surface area contributed by atoms with Gasteiger partial charge in [0, 0.05) is 0 Å². The number of halogens is 1. The monoisotopic (exact) mass is 534 g/mol. The average Bonchev–Trinajstić information content (AvgIpc) is 3.54. The fourth-order valence-corrected chi connectivity index (χ4v) is 5.42. The molecule has 34 heavy (non-hydrogen) atoms. The summed E-state index contributed by atoms with van der Waals surface area (Å²) in [6, 6.07) is 34.3. The van der Waals surface area contributed by atoms with Gasteiger partial charge in [-0.25, -0.2) is 0 Å². The van der Waals surface area contributed by atoms with Gasteiger partial charge in [-0.1, -0.05) is 59.7 Å². The van der Waals surface area contributed by atoms with Crippen LogP contribution in [0, 0.1) is 6.92 Å². The third-order valence-electron chi connectivity index (χ3n) is 6.35. The van der Waals surface area contributed by atoms with E-state index in [-0.39, 0.29) is 12.4 Å². The molecule has 0 spiro atoms. The van der Waals surface area contributed by atoms with Crippen LogP contribution in [0.1, 0.15) is 39.8 Å². The van der Waals surface area contributed by atoms with Crippen molar-refractivity contribution in [3.8, 4) is 11.1 Å². The summed E-state index contributed by atoms with van der Waals surface area (Å²) in [6.07, 6.45) is 8.61. The predicted octanol–water partition coefficient (Wildman–Crippen LogP) is 4.59. The molecule has 0 amide bonds. The molecule has 0 nitrogen and oxygen atoms in total. The third-order valence-corrected chi connectivity index (χ3v) is 7.77. The summed E-state index contributed by atoms with van der Waals surface area (Å²) in [4.78, 5) is 0. The summed E-state index contributed by atoms with van der Waals surface area (Å²) in [5.74, 6) is 0. The quantitative estimate of drug-likeness (QED) is 0.296. The number of hydrogen-bond donors (Lipinski definition) is 0. The maximum atomic E-state index is 4.35. The molecule has 2 aliphatic rings. The van der Waals surface area contributed by atoms with Gasteiger partial charge >= 0.3 is 99.2 Å². The number of hydrogen-bond acceptors (Lipinski definition) is 0. The molecule has 0 radical (unpaired) electrons. The van der Waals surface area contributed by atoms with E-state index in [4.69, 9.17) is 0 Å².